The van der Waals surface area contributed by atoms with Gasteiger partial charge in [-0.05, 0) is 0 Å². The molecule has 1 N–H and O–H groups in total. The van der Waals surface area contributed by atoms with Crippen LogP contribution in [0.1, 0.15) is 0 Å². The standard InChI is InChI=1S/C4H2ClFO3S2/c5-3-1-2(6)4(10-3)11(7,8)9/h1H,(H,7,8,9). The molecule has 0 saturated heterocycles. The van der Waals surface area contributed by atoms with Gasteiger partial charge < -0.3 is 0 Å². The van der Waals surface area contributed by atoms with Crippen molar-refractivity contribution in [3.63, 3.8) is 0 Å². The molecule has 0 fully saturated rings. The van der Waals surface area contributed by atoms with Crippen molar-refractivity contribution in [2.45, 2.75) is 4.21 Å². The van der Waals surface area contributed by atoms with Crippen LogP contribution in [-0.4, -0.2) is 13.0 Å². The highest BCUT2D eigenvalue weighted by Crippen LogP contribution is 2.28. The number of rotatable bonds is 1. The number of hydrogen-bond donors (Lipinski definition) is 1. The molecule has 1 rings (SSSR count). The molecule has 0 spiro atoms. The van der Waals surface area contributed by atoms with Crippen LogP contribution >= 0.6 is 22.9 Å². The molecule has 0 bridgehead atoms. The Kier molecular flexibility index (Phi) is 2.19. The number of halogens is 2. The van der Waals surface area contributed by atoms with E-state index in [1.807, 2.05) is 0 Å². The van der Waals surface area contributed by atoms with Crippen molar-refractivity contribution < 1.29 is 17.4 Å². The van der Waals surface area contributed by atoms with Crippen LogP contribution in [0.5, 0.6) is 0 Å². The molecule has 0 amide bonds. The molecular weight excluding hydrogens is 215 g/mol. The summed E-state index contributed by atoms with van der Waals surface area (Å²) in [7, 11) is -4.45. The molecule has 3 nitrogen and oxygen atoms in total. The van der Waals surface area contributed by atoms with Crippen LogP contribution in [0.15, 0.2) is 10.3 Å². The van der Waals surface area contributed by atoms with E-state index in [-0.39, 0.29) is 4.34 Å². The third-order valence-corrected chi connectivity index (χ3v) is 3.44. The molecular formula is C4H2ClFO3S2. The molecule has 11 heavy (non-hydrogen) atoms. The van der Waals surface area contributed by atoms with Crippen LogP contribution in [-0.2, 0) is 10.1 Å². The topological polar surface area (TPSA) is 54.4 Å². The van der Waals surface area contributed by atoms with Gasteiger partial charge >= 0.3 is 10.1 Å². The zero-order valence-electron chi connectivity index (χ0n) is 4.91. The molecule has 0 radical (unpaired) electrons. The second-order valence-corrected chi connectivity index (χ2v) is 4.96. The van der Waals surface area contributed by atoms with Gasteiger partial charge in [0.2, 0.25) is 0 Å². The van der Waals surface area contributed by atoms with Gasteiger partial charge in [0.25, 0.3) is 0 Å². The van der Waals surface area contributed by atoms with Crippen molar-refractivity contribution in [1.82, 2.24) is 0 Å². The highest BCUT2D eigenvalue weighted by Gasteiger charge is 2.19. The lowest BCUT2D eigenvalue weighted by Crippen LogP contribution is -1.96. The minimum Gasteiger partial charge on any atom is -0.281 e. The Morgan fingerprint density at radius 1 is 1.64 bits per heavy atom. The molecule has 7 heteroatoms. The van der Waals surface area contributed by atoms with Crippen molar-refractivity contribution >= 4 is 33.1 Å². The van der Waals surface area contributed by atoms with E-state index in [9.17, 15) is 12.8 Å². The maximum absolute atomic E-state index is 12.5. The average molecular weight is 217 g/mol. The number of hydrogen-bond acceptors (Lipinski definition) is 3. The third-order valence-electron chi connectivity index (χ3n) is 0.860. The summed E-state index contributed by atoms with van der Waals surface area (Å²) < 4.78 is 40.8. The average Bonchev–Trinajstić information content (AvgIpc) is 2.08. The van der Waals surface area contributed by atoms with Crippen molar-refractivity contribution in [3.8, 4) is 0 Å². The first-order valence-corrected chi connectivity index (χ1v) is 4.97. The lowest BCUT2D eigenvalue weighted by atomic mass is 10.6. The summed E-state index contributed by atoms with van der Waals surface area (Å²) in [5.74, 6) is -1.03. The summed E-state index contributed by atoms with van der Waals surface area (Å²) in [5, 5.41) is 0. The summed E-state index contributed by atoms with van der Waals surface area (Å²) in [6, 6.07) is 0.829. The first kappa shape index (κ1) is 8.92. The highest BCUT2D eigenvalue weighted by molar-refractivity contribution is 7.88. The summed E-state index contributed by atoms with van der Waals surface area (Å²) in [6.45, 7) is 0. The van der Waals surface area contributed by atoms with E-state index in [1.54, 1.807) is 0 Å². The third kappa shape index (κ3) is 1.90. The van der Waals surface area contributed by atoms with Gasteiger partial charge in [0, 0.05) is 6.07 Å². The van der Waals surface area contributed by atoms with Gasteiger partial charge in [0.05, 0.1) is 4.34 Å². The molecule has 0 saturated carbocycles. The van der Waals surface area contributed by atoms with Gasteiger partial charge in [0.15, 0.2) is 10.0 Å². The van der Waals surface area contributed by atoms with Gasteiger partial charge in [-0.2, -0.15) is 8.42 Å². The SMILES string of the molecule is O=S(=O)(O)c1sc(Cl)cc1F. The molecule has 0 unspecified atom stereocenters. The minimum atomic E-state index is -4.45. The van der Waals surface area contributed by atoms with E-state index in [1.165, 1.54) is 0 Å². The Morgan fingerprint density at radius 2 is 2.18 bits per heavy atom. The van der Waals surface area contributed by atoms with Gasteiger partial charge in [0.1, 0.15) is 0 Å². The van der Waals surface area contributed by atoms with E-state index in [0.717, 1.165) is 6.07 Å². The molecule has 1 heterocycles. The van der Waals surface area contributed by atoms with E-state index < -0.39 is 20.1 Å². The molecule has 0 aliphatic carbocycles. The Bertz CT molecular complexity index is 369. The largest absolute Gasteiger partial charge is 0.307 e. The summed E-state index contributed by atoms with van der Waals surface area (Å²) in [5.41, 5.74) is 0. The monoisotopic (exact) mass is 216 g/mol. The normalized spacial score (nSPS) is 11.9. The van der Waals surface area contributed by atoms with E-state index in [4.69, 9.17) is 16.2 Å². The first-order valence-electron chi connectivity index (χ1n) is 2.33. The van der Waals surface area contributed by atoms with Gasteiger partial charge in [-0.3, -0.25) is 4.55 Å². The van der Waals surface area contributed by atoms with Crippen molar-refractivity contribution in [3.05, 3.63) is 16.2 Å². The highest BCUT2D eigenvalue weighted by atomic mass is 35.5. The molecule has 62 valence electrons. The van der Waals surface area contributed by atoms with Crippen LogP contribution in [0.3, 0.4) is 0 Å². The smallest absolute Gasteiger partial charge is 0.281 e. The van der Waals surface area contributed by atoms with Gasteiger partial charge in [-0.1, -0.05) is 11.6 Å². The maximum Gasteiger partial charge on any atom is 0.307 e. The van der Waals surface area contributed by atoms with E-state index >= 15 is 0 Å². The van der Waals surface area contributed by atoms with Crippen molar-refractivity contribution in [1.29, 1.82) is 0 Å². The molecule has 0 atom stereocenters. The Hall–Kier alpha value is -0.170. The Morgan fingerprint density at radius 3 is 2.36 bits per heavy atom. The molecule has 1 aromatic heterocycles. The summed E-state index contributed by atoms with van der Waals surface area (Å²) in [6.07, 6.45) is 0. The van der Waals surface area contributed by atoms with Crippen molar-refractivity contribution in [2.24, 2.45) is 0 Å². The lowest BCUT2D eigenvalue weighted by molar-refractivity contribution is 0.478. The fraction of sp³-hybridized carbons (Fsp3) is 0. The summed E-state index contributed by atoms with van der Waals surface area (Å²) >= 11 is 5.75. The Labute approximate surface area is 71.2 Å². The fourth-order valence-corrected chi connectivity index (χ4v) is 2.46. The van der Waals surface area contributed by atoms with E-state index in [2.05, 4.69) is 0 Å². The van der Waals surface area contributed by atoms with Crippen LogP contribution in [0.2, 0.25) is 4.34 Å². The predicted octanol–water partition coefficient (Wildman–Crippen LogP) is 1.79. The Balaban J connectivity index is 3.36. The van der Waals surface area contributed by atoms with Gasteiger partial charge in [-0.15, -0.1) is 11.3 Å². The number of thiophene rings is 1. The first-order chi connectivity index (χ1) is 4.91. The van der Waals surface area contributed by atoms with Crippen LogP contribution < -0.4 is 0 Å². The fourth-order valence-electron chi connectivity index (χ4n) is 0.501. The zero-order valence-corrected chi connectivity index (χ0v) is 7.30. The lowest BCUT2D eigenvalue weighted by Gasteiger charge is -1.87. The molecule has 0 aliphatic heterocycles. The molecule has 0 aliphatic rings. The predicted molar refractivity (Wildman–Crippen MR) is 39.1 cm³/mol. The van der Waals surface area contributed by atoms with E-state index in [0.29, 0.717) is 11.3 Å². The van der Waals surface area contributed by atoms with Crippen LogP contribution in [0.4, 0.5) is 4.39 Å². The van der Waals surface area contributed by atoms with Gasteiger partial charge in [-0.25, -0.2) is 4.39 Å². The van der Waals surface area contributed by atoms with Crippen LogP contribution in [0, 0.1) is 5.82 Å². The zero-order chi connectivity index (χ0) is 8.65. The second-order valence-electron chi connectivity index (χ2n) is 1.66. The maximum atomic E-state index is 12.5. The quantitative estimate of drug-likeness (QED) is 0.729. The van der Waals surface area contributed by atoms with Crippen LogP contribution in [0.25, 0.3) is 0 Å². The minimum absolute atomic E-state index is 0.0184. The summed E-state index contributed by atoms with van der Waals surface area (Å²) in [4.78, 5) is 0. The molecule has 0 aromatic carbocycles. The second kappa shape index (κ2) is 2.71. The molecule has 1 aromatic rings. The van der Waals surface area contributed by atoms with Crippen molar-refractivity contribution in [2.75, 3.05) is 0 Å².